The summed E-state index contributed by atoms with van der Waals surface area (Å²) in [7, 11) is 1.62. The Hall–Kier alpha value is -2.13. The number of rotatable bonds is 2. The SMILES string of the molecule is CNC(=O)C1CNCCN1c1cccc(C#N)n1. The Morgan fingerprint density at radius 3 is 3.22 bits per heavy atom. The summed E-state index contributed by atoms with van der Waals surface area (Å²) in [5, 5.41) is 14.7. The van der Waals surface area contributed by atoms with Crippen LogP contribution in [0.4, 0.5) is 5.82 Å². The minimum Gasteiger partial charge on any atom is -0.357 e. The molecule has 94 valence electrons. The largest absolute Gasteiger partial charge is 0.357 e. The van der Waals surface area contributed by atoms with E-state index in [9.17, 15) is 4.79 Å². The van der Waals surface area contributed by atoms with Crippen molar-refractivity contribution in [1.29, 1.82) is 5.26 Å². The summed E-state index contributed by atoms with van der Waals surface area (Å²) in [6.45, 7) is 2.07. The molecule has 1 unspecified atom stereocenters. The highest BCUT2D eigenvalue weighted by molar-refractivity contribution is 5.85. The smallest absolute Gasteiger partial charge is 0.243 e. The molecule has 0 aliphatic carbocycles. The lowest BCUT2D eigenvalue weighted by Crippen LogP contribution is -2.57. The van der Waals surface area contributed by atoms with Crippen molar-refractivity contribution >= 4 is 11.7 Å². The van der Waals surface area contributed by atoms with Crippen molar-refractivity contribution in [2.24, 2.45) is 0 Å². The fourth-order valence-corrected chi connectivity index (χ4v) is 2.02. The first-order chi connectivity index (χ1) is 8.76. The molecule has 1 aliphatic heterocycles. The number of anilines is 1. The van der Waals surface area contributed by atoms with E-state index in [0.29, 0.717) is 24.6 Å². The molecule has 0 spiro atoms. The number of nitrogens with one attached hydrogen (secondary N) is 2. The molecular weight excluding hydrogens is 230 g/mol. The molecule has 2 N–H and O–H groups in total. The van der Waals surface area contributed by atoms with Crippen LogP contribution in [0.3, 0.4) is 0 Å². The Kier molecular flexibility index (Phi) is 3.75. The third-order valence-electron chi connectivity index (χ3n) is 2.94. The summed E-state index contributed by atoms with van der Waals surface area (Å²) < 4.78 is 0. The molecule has 0 radical (unpaired) electrons. The van der Waals surface area contributed by atoms with Crippen LogP contribution < -0.4 is 15.5 Å². The van der Waals surface area contributed by atoms with Gasteiger partial charge in [-0.3, -0.25) is 4.79 Å². The van der Waals surface area contributed by atoms with E-state index in [2.05, 4.69) is 15.6 Å². The van der Waals surface area contributed by atoms with Crippen LogP contribution in [-0.4, -0.2) is 43.6 Å². The van der Waals surface area contributed by atoms with Gasteiger partial charge in [-0.25, -0.2) is 4.98 Å². The zero-order valence-electron chi connectivity index (χ0n) is 10.2. The van der Waals surface area contributed by atoms with Crippen molar-refractivity contribution in [2.75, 3.05) is 31.6 Å². The third kappa shape index (κ3) is 2.41. The number of carbonyl (C=O) groups is 1. The molecule has 6 heteroatoms. The maximum Gasteiger partial charge on any atom is 0.243 e. The van der Waals surface area contributed by atoms with Gasteiger partial charge in [-0.05, 0) is 12.1 Å². The van der Waals surface area contributed by atoms with Crippen molar-refractivity contribution in [1.82, 2.24) is 15.6 Å². The predicted molar refractivity (Wildman–Crippen MR) is 67.0 cm³/mol. The van der Waals surface area contributed by atoms with Gasteiger partial charge in [0.1, 0.15) is 23.6 Å². The van der Waals surface area contributed by atoms with Gasteiger partial charge in [-0.1, -0.05) is 6.07 Å². The average molecular weight is 245 g/mol. The molecule has 1 aliphatic rings. The standard InChI is InChI=1S/C12H15N5O/c1-14-12(18)10-8-15-5-6-17(10)11-4-2-3-9(7-13)16-11/h2-4,10,15H,5-6,8H2,1H3,(H,14,18). The van der Waals surface area contributed by atoms with Gasteiger partial charge in [0.05, 0.1) is 0 Å². The van der Waals surface area contributed by atoms with E-state index in [1.54, 1.807) is 19.2 Å². The van der Waals surface area contributed by atoms with Gasteiger partial charge in [0.25, 0.3) is 0 Å². The van der Waals surface area contributed by atoms with Crippen molar-refractivity contribution in [3.05, 3.63) is 23.9 Å². The highest BCUT2D eigenvalue weighted by Gasteiger charge is 2.28. The number of amides is 1. The molecular formula is C12H15N5O. The van der Waals surface area contributed by atoms with Crippen LogP contribution in [-0.2, 0) is 4.79 Å². The molecule has 1 amide bonds. The zero-order chi connectivity index (χ0) is 13.0. The lowest BCUT2D eigenvalue weighted by atomic mass is 10.1. The summed E-state index contributed by atoms with van der Waals surface area (Å²) in [4.78, 5) is 18.0. The molecule has 0 saturated carbocycles. The predicted octanol–water partition coefficient (Wildman–Crippen LogP) is -0.523. The van der Waals surface area contributed by atoms with Crippen LogP contribution in [0, 0.1) is 11.3 Å². The number of likely N-dealkylation sites (N-methyl/N-ethyl adjacent to an activating group) is 1. The first-order valence-corrected chi connectivity index (χ1v) is 5.82. The second-order valence-electron chi connectivity index (χ2n) is 4.02. The van der Waals surface area contributed by atoms with E-state index in [0.717, 1.165) is 6.54 Å². The maximum atomic E-state index is 11.8. The lowest BCUT2D eigenvalue weighted by Gasteiger charge is -2.35. The highest BCUT2D eigenvalue weighted by atomic mass is 16.2. The molecule has 2 heterocycles. The van der Waals surface area contributed by atoms with Crippen molar-refractivity contribution in [2.45, 2.75) is 6.04 Å². The normalized spacial score (nSPS) is 19.1. The van der Waals surface area contributed by atoms with Crippen LogP contribution in [0.2, 0.25) is 0 Å². The summed E-state index contributed by atoms with van der Waals surface area (Å²) in [6.07, 6.45) is 0. The van der Waals surface area contributed by atoms with E-state index in [1.165, 1.54) is 0 Å². The number of carbonyl (C=O) groups excluding carboxylic acids is 1. The Labute approximate surface area is 106 Å². The number of aromatic nitrogens is 1. The van der Waals surface area contributed by atoms with Crippen LogP contribution >= 0.6 is 0 Å². The van der Waals surface area contributed by atoms with Gasteiger partial charge in [-0.15, -0.1) is 0 Å². The Balaban J connectivity index is 2.28. The second kappa shape index (κ2) is 5.47. The van der Waals surface area contributed by atoms with Crippen LogP contribution in [0.15, 0.2) is 18.2 Å². The van der Waals surface area contributed by atoms with Gasteiger partial charge in [0.15, 0.2) is 0 Å². The van der Waals surface area contributed by atoms with Crippen LogP contribution in [0.25, 0.3) is 0 Å². The van der Waals surface area contributed by atoms with Gasteiger partial charge in [0.2, 0.25) is 5.91 Å². The minimum atomic E-state index is -0.287. The molecule has 6 nitrogen and oxygen atoms in total. The van der Waals surface area contributed by atoms with E-state index in [-0.39, 0.29) is 11.9 Å². The van der Waals surface area contributed by atoms with E-state index < -0.39 is 0 Å². The first-order valence-electron chi connectivity index (χ1n) is 5.82. The van der Waals surface area contributed by atoms with Gasteiger partial charge < -0.3 is 15.5 Å². The topological polar surface area (TPSA) is 81.0 Å². The number of piperazine rings is 1. The van der Waals surface area contributed by atoms with Gasteiger partial charge in [-0.2, -0.15) is 5.26 Å². The number of pyridine rings is 1. The van der Waals surface area contributed by atoms with Gasteiger partial charge in [0, 0.05) is 26.7 Å². The van der Waals surface area contributed by atoms with Crippen molar-refractivity contribution < 1.29 is 4.79 Å². The number of hydrogen-bond donors (Lipinski definition) is 2. The number of nitriles is 1. The summed E-state index contributed by atoms with van der Waals surface area (Å²) in [6, 6.07) is 6.98. The average Bonchev–Trinajstić information content (AvgIpc) is 2.46. The molecule has 0 bridgehead atoms. The minimum absolute atomic E-state index is 0.0497. The molecule has 0 aromatic carbocycles. The Bertz CT molecular complexity index is 482. The molecule has 18 heavy (non-hydrogen) atoms. The van der Waals surface area contributed by atoms with Gasteiger partial charge >= 0.3 is 0 Å². The van der Waals surface area contributed by atoms with Crippen molar-refractivity contribution in [3.63, 3.8) is 0 Å². The number of nitrogens with zero attached hydrogens (tertiary/aromatic N) is 3. The second-order valence-corrected chi connectivity index (χ2v) is 4.02. The third-order valence-corrected chi connectivity index (χ3v) is 2.94. The van der Waals surface area contributed by atoms with Crippen molar-refractivity contribution in [3.8, 4) is 6.07 Å². The first kappa shape index (κ1) is 12.3. The molecule has 1 fully saturated rings. The van der Waals surface area contributed by atoms with E-state index >= 15 is 0 Å². The fourth-order valence-electron chi connectivity index (χ4n) is 2.02. The van der Waals surface area contributed by atoms with Crippen LogP contribution in [0.1, 0.15) is 5.69 Å². The summed E-state index contributed by atoms with van der Waals surface area (Å²) >= 11 is 0. The summed E-state index contributed by atoms with van der Waals surface area (Å²) in [5.74, 6) is 0.621. The monoisotopic (exact) mass is 245 g/mol. The summed E-state index contributed by atoms with van der Waals surface area (Å²) in [5.41, 5.74) is 0.363. The van der Waals surface area contributed by atoms with Crippen LogP contribution in [0.5, 0.6) is 0 Å². The molecule has 1 atom stereocenters. The van der Waals surface area contributed by atoms with E-state index in [4.69, 9.17) is 5.26 Å². The Morgan fingerprint density at radius 2 is 2.50 bits per heavy atom. The van der Waals surface area contributed by atoms with E-state index in [1.807, 2.05) is 17.0 Å². The quantitative estimate of drug-likeness (QED) is 0.732. The molecule has 1 saturated heterocycles. The lowest BCUT2D eigenvalue weighted by molar-refractivity contribution is -0.122. The molecule has 2 rings (SSSR count). The number of hydrogen-bond acceptors (Lipinski definition) is 5. The molecule has 1 aromatic rings. The fraction of sp³-hybridized carbons (Fsp3) is 0.417. The Morgan fingerprint density at radius 1 is 1.67 bits per heavy atom. The maximum absolute atomic E-state index is 11.8. The molecule has 1 aromatic heterocycles. The highest BCUT2D eigenvalue weighted by Crippen LogP contribution is 2.16. The zero-order valence-corrected chi connectivity index (χ0v) is 10.2.